The van der Waals surface area contributed by atoms with Gasteiger partial charge < -0.3 is 15.0 Å². The number of nitrogens with one attached hydrogen (secondary N) is 1. The van der Waals surface area contributed by atoms with Crippen molar-refractivity contribution in [1.29, 1.82) is 0 Å². The standard InChI is InChI=1S/C18H19Cl2N3O3S/c1-26-9-17(25)23-5-4-11(8-23)6-16(24)21-15-10-27-18(22-15)12-2-3-13(19)14(20)7-12/h2-3,7,10-11H,4-6,8-9H2,1H3,(H,21,24). The van der Waals surface area contributed by atoms with Crippen molar-refractivity contribution in [2.45, 2.75) is 12.8 Å². The fraction of sp³-hybridized carbons (Fsp3) is 0.389. The van der Waals surface area contributed by atoms with Crippen molar-refractivity contribution >= 4 is 52.2 Å². The van der Waals surface area contributed by atoms with E-state index in [0.29, 0.717) is 35.4 Å². The van der Waals surface area contributed by atoms with Gasteiger partial charge in [-0.05, 0) is 24.5 Å². The van der Waals surface area contributed by atoms with E-state index < -0.39 is 0 Å². The number of hydrogen-bond acceptors (Lipinski definition) is 5. The lowest BCUT2D eigenvalue weighted by Gasteiger charge is -2.15. The van der Waals surface area contributed by atoms with Crippen molar-refractivity contribution in [3.63, 3.8) is 0 Å². The van der Waals surface area contributed by atoms with Crippen molar-refractivity contribution in [3.8, 4) is 10.6 Å². The van der Waals surface area contributed by atoms with Gasteiger partial charge in [0, 0.05) is 37.6 Å². The summed E-state index contributed by atoms with van der Waals surface area (Å²) in [5.74, 6) is 0.522. The lowest BCUT2D eigenvalue weighted by atomic mass is 10.0. The van der Waals surface area contributed by atoms with Crippen molar-refractivity contribution in [2.24, 2.45) is 5.92 Å². The van der Waals surface area contributed by atoms with Gasteiger partial charge in [-0.25, -0.2) is 4.98 Å². The third-order valence-electron chi connectivity index (χ3n) is 4.32. The Bertz CT molecular complexity index is 843. The van der Waals surface area contributed by atoms with E-state index in [0.717, 1.165) is 17.0 Å². The van der Waals surface area contributed by atoms with E-state index in [1.165, 1.54) is 18.4 Å². The van der Waals surface area contributed by atoms with Crippen LogP contribution < -0.4 is 5.32 Å². The smallest absolute Gasteiger partial charge is 0.248 e. The Morgan fingerprint density at radius 3 is 2.93 bits per heavy atom. The fourth-order valence-corrected chi connectivity index (χ4v) is 4.04. The van der Waals surface area contributed by atoms with Gasteiger partial charge in [0.05, 0.1) is 10.0 Å². The molecule has 144 valence electrons. The minimum atomic E-state index is -0.105. The number of halogens is 2. The van der Waals surface area contributed by atoms with Gasteiger partial charge >= 0.3 is 0 Å². The molecule has 0 bridgehead atoms. The first kappa shape index (κ1) is 20.1. The molecule has 1 aromatic carbocycles. The summed E-state index contributed by atoms with van der Waals surface area (Å²) in [4.78, 5) is 30.3. The Balaban J connectivity index is 1.54. The van der Waals surface area contributed by atoms with Crippen molar-refractivity contribution in [2.75, 3.05) is 32.1 Å². The number of hydrogen-bond donors (Lipinski definition) is 1. The summed E-state index contributed by atoms with van der Waals surface area (Å²) in [7, 11) is 1.50. The van der Waals surface area contributed by atoms with Crippen LogP contribution in [0.1, 0.15) is 12.8 Å². The summed E-state index contributed by atoms with van der Waals surface area (Å²) < 4.78 is 4.87. The first-order valence-corrected chi connectivity index (χ1v) is 10.1. The lowest BCUT2D eigenvalue weighted by Crippen LogP contribution is -2.32. The molecule has 0 aliphatic carbocycles. The van der Waals surface area contributed by atoms with Crippen LogP contribution in [-0.4, -0.2) is 48.5 Å². The Labute approximate surface area is 171 Å². The number of nitrogens with zero attached hydrogens (tertiary/aromatic N) is 2. The number of rotatable bonds is 6. The van der Waals surface area contributed by atoms with Crippen LogP contribution in [0.4, 0.5) is 5.82 Å². The molecule has 1 aliphatic heterocycles. The summed E-state index contributed by atoms with van der Waals surface area (Å²) in [6.45, 7) is 1.33. The van der Waals surface area contributed by atoms with Crippen molar-refractivity contribution < 1.29 is 14.3 Å². The Morgan fingerprint density at radius 1 is 1.37 bits per heavy atom. The van der Waals surface area contributed by atoms with E-state index in [1.54, 1.807) is 22.4 Å². The molecule has 1 N–H and O–H groups in total. The summed E-state index contributed by atoms with van der Waals surface area (Å²) in [5, 5.41) is 6.32. The quantitative estimate of drug-likeness (QED) is 0.757. The van der Waals surface area contributed by atoms with Gasteiger partial charge in [0.1, 0.15) is 17.4 Å². The number of ether oxygens (including phenoxy) is 1. The second-order valence-electron chi connectivity index (χ2n) is 6.35. The van der Waals surface area contributed by atoms with Gasteiger partial charge in [0.15, 0.2) is 0 Å². The molecule has 1 aromatic heterocycles. The molecule has 2 aromatic rings. The number of methoxy groups -OCH3 is 1. The summed E-state index contributed by atoms with van der Waals surface area (Å²) >= 11 is 13.4. The van der Waals surface area contributed by atoms with E-state index in [9.17, 15) is 9.59 Å². The van der Waals surface area contributed by atoms with Crippen LogP contribution in [0.15, 0.2) is 23.6 Å². The second kappa shape index (κ2) is 9.01. The maximum atomic E-state index is 12.3. The summed E-state index contributed by atoms with van der Waals surface area (Å²) in [5.41, 5.74) is 0.845. The molecular formula is C18H19Cl2N3O3S. The van der Waals surface area contributed by atoms with Crippen LogP contribution >= 0.6 is 34.5 Å². The highest BCUT2D eigenvalue weighted by atomic mass is 35.5. The molecule has 1 atom stereocenters. The Hall–Kier alpha value is -1.67. The van der Waals surface area contributed by atoms with Gasteiger partial charge in [-0.3, -0.25) is 9.59 Å². The molecule has 27 heavy (non-hydrogen) atoms. The predicted octanol–water partition coefficient (Wildman–Crippen LogP) is 3.94. The number of amides is 2. The van der Waals surface area contributed by atoms with Crippen molar-refractivity contribution in [1.82, 2.24) is 9.88 Å². The third kappa shape index (κ3) is 5.19. The zero-order chi connectivity index (χ0) is 19.4. The SMILES string of the molecule is COCC(=O)N1CCC(CC(=O)Nc2csc(-c3ccc(Cl)c(Cl)c3)n2)C1. The van der Waals surface area contributed by atoms with Crippen LogP contribution in [0.25, 0.3) is 10.6 Å². The third-order valence-corrected chi connectivity index (χ3v) is 5.95. The van der Waals surface area contributed by atoms with Gasteiger partial charge in [-0.2, -0.15) is 0 Å². The number of carbonyl (C=O) groups excluding carboxylic acids is 2. The molecule has 0 radical (unpaired) electrons. The number of aromatic nitrogens is 1. The minimum absolute atomic E-state index is 0.0359. The molecule has 9 heteroatoms. The van der Waals surface area contributed by atoms with Gasteiger partial charge in [-0.15, -0.1) is 11.3 Å². The number of carbonyl (C=O) groups is 2. The second-order valence-corrected chi connectivity index (χ2v) is 8.02. The highest BCUT2D eigenvalue weighted by molar-refractivity contribution is 7.13. The van der Waals surface area contributed by atoms with Crippen molar-refractivity contribution in [3.05, 3.63) is 33.6 Å². The minimum Gasteiger partial charge on any atom is -0.375 e. The molecular weight excluding hydrogens is 409 g/mol. The zero-order valence-electron chi connectivity index (χ0n) is 14.7. The van der Waals surface area contributed by atoms with Crippen LogP contribution in [0.3, 0.4) is 0 Å². The van der Waals surface area contributed by atoms with E-state index in [-0.39, 0.29) is 24.3 Å². The van der Waals surface area contributed by atoms with E-state index in [4.69, 9.17) is 27.9 Å². The van der Waals surface area contributed by atoms with Gasteiger partial charge in [0.2, 0.25) is 11.8 Å². The van der Waals surface area contributed by atoms with Crippen LogP contribution in [0, 0.1) is 5.92 Å². The van der Waals surface area contributed by atoms with E-state index in [1.807, 2.05) is 6.07 Å². The average Bonchev–Trinajstić information content (AvgIpc) is 3.27. The average molecular weight is 428 g/mol. The molecule has 1 fully saturated rings. The van der Waals surface area contributed by atoms with Crippen LogP contribution in [-0.2, 0) is 14.3 Å². The first-order valence-electron chi connectivity index (χ1n) is 8.43. The Morgan fingerprint density at radius 2 is 2.19 bits per heavy atom. The first-order chi connectivity index (χ1) is 13.0. The number of thiazole rings is 1. The van der Waals surface area contributed by atoms with E-state index in [2.05, 4.69) is 10.3 Å². The predicted molar refractivity (Wildman–Crippen MR) is 107 cm³/mol. The highest BCUT2D eigenvalue weighted by Crippen LogP contribution is 2.31. The normalized spacial score (nSPS) is 16.6. The summed E-state index contributed by atoms with van der Waals surface area (Å²) in [6, 6.07) is 5.30. The van der Waals surface area contributed by atoms with Gasteiger partial charge in [0.25, 0.3) is 0 Å². The monoisotopic (exact) mass is 427 g/mol. The Kier molecular flexibility index (Phi) is 6.70. The molecule has 6 nitrogen and oxygen atoms in total. The number of benzene rings is 1. The lowest BCUT2D eigenvalue weighted by molar-refractivity contribution is -0.134. The molecule has 1 aliphatic rings. The molecule has 2 amide bonds. The molecule has 2 heterocycles. The summed E-state index contributed by atoms with van der Waals surface area (Å²) in [6.07, 6.45) is 1.17. The zero-order valence-corrected chi connectivity index (χ0v) is 17.0. The maximum Gasteiger partial charge on any atom is 0.248 e. The molecule has 1 saturated heterocycles. The van der Waals surface area contributed by atoms with Crippen LogP contribution in [0.5, 0.6) is 0 Å². The highest BCUT2D eigenvalue weighted by Gasteiger charge is 2.27. The molecule has 0 spiro atoms. The fourth-order valence-electron chi connectivity index (χ4n) is 2.99. The maximum absolute atomic E-state index is 12.3. The number of likely N-dealkylation sites (tertiary alicyclic amines) is 1. The molecule has 0 saturated carbocycles. The van der Waals surface area contributed by atoms with Gasteiger partial charge in [-0.1, -0.05) is 29.3 Å². The van der Waals surface area contributed by atoms with E-state index >= 15 is 0 Å². The largest absolute Gasteiger partial charge is 0.375 e. The molecule has 1 unspecified atom stereocenters. The molecule has 3 rings (SSSR count). The number of anilines is 1. The van der Waals surface area contributed by atoms with Crippen LogP contribution in [0.2, 0.25) is 10.0 Å². The topological polar surface area (TPSA) is 71.5 Å².